The summed E-state index contributed by atoms with van der Waals surface area (Å²) < 4.78 is 10.7. The maximum absolute atomic E-state index is 13.1. The molecule has 1 amide bonds. The quantitative estimate of drug-likeness (QED) is 0.622. The number of ether oxygens (including phenoxy) is 2. The van der Waals surface area contributed by atoms with Crippen LogP contribution < -0.4 is 20.1 Å². The van der Waals surface area contributed by atoms with Crippen LogP contribution in [0.3, 0.4) is 0 Å². The van der Waals surface area contributed by atoms with Crippen molar-refractivity contribution in [2.24, 2.45) is 0 Å². The molecule has 0 saturated carbocycles. The Balaban J connectivity index is 1.87. The zero-order valence-corrected chi connectivity index (χ0v) is 16.2. The summed E-state index contributed by atoms with van der Waals surface area (Å²) in [5.74, 6) is 1.08. The van der Waals surface area contributed by atoms with Crippen molar-refractivity contribution in [3.8, 4) is 11.5 Å². The third-order valence-electron chi connectivity index (χ3n) is 4.41. The third kappa shape index (κ3) is 4.62. The number of anilines is 2. The molecule has 28 heavy (non-hydrogen) atoms. The Morgan fingerprint density at radius 3 is 2.11 bits per heavy atom. The fourth-order valence-corrected chi connectivity index (χ4v) is 2.89. The Bertz CT molecular complexity index is 924. The van der Waals surface area contributed by atoms with Gasteiger partial charge in [-0.25, -0.2) is 0 Å². The van der Waals surface area contributed by atoms with Crippen LogP contribution in [0.2, 0.25) is 0 Å². The largest absolute Gasteiger partial charge is 0.493 e. The topological polar surface area (TPSA) is 59.6 Å². The van der Waals surface area contributed by atoms with Crippen LogP contribution in [0.1, 0.15) is 17.2 Å². The lowest BCUT2D eigenvalue weighted by Crippen LogP contribution is -2.27. The summed E-state index contributed by atoms with van der Waals surface area (Å²) in [5, 5.41) is 6.29. The number of nitrogens with one attached hydrogen (secondary N) is 2. The zero-order chi connectivity index (χ0) is 19.9. The summed E-state index contributed by atoms with van der Waals surface area (Å²) in [7, 11) is 3.17. The molecular formula is C23H24N2O3. The summed E-state index contributed by atoms with van der Waals surface area (Å²) in [6.07, 6.45) is 0. The fourth-order valence-electron chi connectivity index (χ4n) is 2.89. The van der Waals surface area contributed by atoms with E-state index in [1.54, 1.807) is 20.3 Å². The second-order valence-electron chi connectivity index (χ2n) is 6.41. The number of hydrogen-bond donors (Lipinski definition) is 2. The van der Waals surface area contributed by atoms with E-state index in [0.29, 0.717) is 11.5 Å². The Morgan fingerprint density at radius 1 is 0.821 bits per heavy atom. The van der Waals surface area contributed by atoms with Gasteiger partial charge in [-0.2, -0.15) is 0 Å². The number of benzene rings is 3. The van der Waals surface area contributed by atoms with Gasteiger partial charge in [-0.1, -0.05) is 48.0 Å². The monoisotopic (exact) mass is 376 g/mol. The van der Waals surface area contributed by atoms with Gasteiger partial charge in [0, 0.05) is 17.4 Å². The second-order valence-corrected chi connectivity index (χ2v) is 6.41. The molecule has 0 fully saturated rings. The van der Waals surface area contributed by atoms with Crippen molar-refractivity contribution in [3.63, 3.8) is 0 Å². The molecule has 0 bridgehead atoms. The highest BCUT2D eigenvalue weighted by atomic mass is 16.5. The van der Waals surface area contributed by atoms with Crippen LogP contribution in [0.25, 0.3) is 0 Å². The van der Waals surface area contributed by atoms with Gasteiger partial charge in [-0.3, -0.25) is 4.79 Å². The molecule has 3 aromatic rings. The Hall–Kier alpha value is -3.47. The minimum atomic E-state index is -0.569. The standard InChI is InChI=1S/C23H24N2O3/c1-16-9-11-18(12-10-16)25-23(26)22(17-7-5-4-6-8-17)24-19-13-14-20(27-2)21(15-19)28-3/h4-15,22,24H,1-3H3,(H,25,26). The lowest BCUT2D eigenvalue weighted by molar-refractivity contribution is -0.117. The maximum Gasteiger partial charge on any atom is 0.251 e. The molecule has 0 spiro atoms. The van der Waals surface area contributed by atoms with E-state index in [1.807, 2.05) is 73.7 Å². The maximum atomic E-state index is 13.1. The van der Waals surface area contributed by atoms with Crippen molar-refractivity contribution in [1.29, 1.82) is 0 Å². The van der Waals surface area contributed by atoms with E-state index in [-0.39, 0.29) is 5.91 Å². The van der Waals surface area contributed by atoms with Gasteiger partial charge in [-0.15, -0.1) is 0 Å². The second kappa shape index (κ2) is 8.95. The van der Waals surface area contributed by atoms with Crippen LogP contribution >= 0.6 is 0 Å². The van der Waals surface area contributed by atoms with Crippen LogP contribution in [-0.4, -0.2) is 20.1 Å². The van der Waals surface area contributed by atoms with Gasteiger partial charge in [0.15, 0.2) is 11.5 Å². The van der Waals surface area contributed by atoms with E-state index in [0.717, 1.165) is 22.5 Å². The van der Waals surface area contributed by atoms with E-state index in [9.17, 15) is 4.79 Å². The van der Waals surface area contributed by atoms with Gasteiger partial charge in [0.05, 0.1) is 14.2 Å². The van der Waals surface area contributed by atoms with Gasteiger partial charge in [0.2, 0.25) is 0 Å². The number of methoxy groups -OCH3 is 2. The Morgan fingerprint density at radius 2 is 1.46 bits per heavy atom. The van der Waals surface area contributed by atoms with Crippen LogP contribution in [0, 0.1) is 6.92 Å². The molecule has 3 rings (SSSR count). The minimum absolute atomic E-state index is 0.148. The minimum Gasteiger partial charge on any atom is -0.493 e. The fraction of sp³-hybridized carbons (Fsp3) is 0.174. The summed E-state index contributed by atoms with van der Waals surface area (Å²) >= 11 is 0. The highest BCUT2D eigenvalue weighted by molar-refractivity contribution is 5.97. The van der Waals surface area contributed by atoms with E-state index in [1.165, 1.54) is 0 Å². The molecule has 5 heteroatoms. The van der Waals surface area contributed by atoms with Crippen molar-refractivity contribution in [3.05, 3.63) is 83.9 Å². The van der Waals surface area contributed by atoms with Crippen molar-refractivity contribution in [2.75, 3.05) is 24.9 Å². The smallest absolute Gasteiger partial charge is 0.251 e. The molecule has 5 nitrogen and oxygen atoms in total. The van der Waals surface area contributed by atoms with Gasteiger partial charge < -0.3 is 20.1 Å². The number of amides is 1. The lowest BCUT2D eigenvalue weighted by atomic mass is 10.1. The first-order valence-electron chi connectivity index (χ1n) is 9.01. The number of rotatable bonds is 7. The number of hydrogen-bond acceptors (Lipinski definition) is 4. The van der Waals surface area contributed by atoms with Gasteiger partial charge in [-0.05, 0) is 36.8 Å². The highest BCUT2D eigenvalue weighted by Gasteiger charge is 2.21. The number of carbonyl (C=O) groups excluding carboxylic acids is 1. The molecule has 0 radical (unpaired) electrons. The van der Waals surface area contributed by atoms with E-state index < -0.39 is 6.04 Å². The number of aryl methyl sites for hydroxylation is 1. The highest BCUT2D eigenvalue weighted by Crippen LogP contribution is 2.31. The van der Waals surface area contributed by atoms with Crippen molar-refractivity contribution in [1.82, 2.24) is 0 Å². The van der Waals surface area contributed by atoms with E-state index in [2.05, 4.69) is 10.6 Å². The van der Waals surface area contributed by atoms with Crippen LogP contribution in [0.5, 0.6) is 11.5 Å². The van der Waals surface area contributed by atoms with E-state index >= 15 is 0 Å². The average molecular weight is 376 g/mol. The Labute approximate surface area is 165 Å². The molecule has 0 saturated heterocycles. The molecule has 0 aromatic heterocycles. The van der Waals surface area contributed by atoms with E-state index in [4.69, 9.17) is 9.47 Å². The molecular weight excluding hydrogens is 352 g/mol. The summed E-state index contributed by atoms with van der Waals surface area (Å²) in [6.45, 7) is 2.01. The first-order chi connectivity index (χ1) is 13.6. The summed E-state index contributed by atoms with van der Waals surface area (Å²) in [6, 6.07) is 22.2. The predicted octanol–water partition coefficient (Wildman–Crippen LogP) is 4.80. The molecule has 3 aromatic carbocycles. The molecule has 1 atom stereocenters. The van der Waals surface area contributed by atoms with Gasteiger partial charge in [0.25, 0.3) is 5.91 Å². The Kier molecular flexibility index (Phi) is 6.17. The molecule has 1 unspecified atom stereocenters. The normalized spacial score (nSPS) is 11.4. The summed E-state index contributed by atoms with van der Waals surface area (Å²) in [4.78, 5) is 13.1. The SMILES string of the molecule is COc1ccc(NC(C(=O)Nc2ccc(C)cc2)c2ccccc2)cc1OC. The van der Waals surface area contributed by atoms with Crippen molar-refractivity contribution >= 4 is 17.3 Å². The van der Waals surface area contributed by atoms with Crippen LogP contribution in [0.15, 0.2) is 72.8 Å². The average Bonchev–Trinajstić information content (AvgIpc) is 2.74. The van der Waals surface area contributed by atoms with Crippen molar-refractivity contribution in [2.45, 2.75) is 13.0 Å². The molecule has 2 N–H and O–H groups in total. The third-order valence-corrected chi connectivity index (χ3v) is 4.41. The first kappa shape index (κ1) is 19.3. The molecule has 144 valence electrons. The van der Waals surface area contributed by atoms with Crippen LogP contribution in [-0.2, 0) is 4.79 Å². The van der Waals surface area contributed by atoms with Crippen LogP contribution in [0.4, 0.5) is 11.4 Å². The zero-order valence-electron chi connectivity index (χ0n) is 16.2. The molecule has 0 aliphatic heterocycles. The van der Waals surface area contributed by atoms with Gasteiger partial charge >= 0.3 is 0 Å². The first-order valence-corrected chi connectivity index (χ1v) is 9.01. The molecule has 0 aliphatic carbocycles. The molecule has 0 aliphatic rings. The van der Waals surface area contributed by atoms with Crippen molar-refractivity contribution < 1.29 is 14.3 Å². The lowest BCUT2D eigenvalue weighted by Gasteiger charge is -2.21. The van der Waals surface area contributed by atoms with Gasteiger partial charge in [0.1, 0.15) is 6.04 Å². The number of carbonyl (C=O) groups is 1. The summed E-state index contributed by atoms with van der Waals surface area (Å²) in [5.41, 5.74) is 3.51. The predicted molar refractivity (Wildman–Crippen MR) is 112 cm³/mol. The molecule has 0 heterocycles.